The molecule has 0 aliphatic heterocycles. The zero-order valence-corrected chi connectivity index (χ0v) is 8.51. The largest absolute Gasteiger partial charge is 0.416 e. The van der Waals surface area contributed by atoms with Gasteiger partial charge in [0.25, 0.3) is 0 Å². The Hall–Kier alpha value is -1.56. The van der Waals surface area contributed by atoms with Crippen molar-refractivity contribution in [1.29, 1.82) is 0 Å². The monoisotopic (exact) mass is 232 g/mol. The highest BCUT2D eigenvalue weighted by Crippen LogP contribution is 2.30. The zero-order valence-electron chi connectivity index (χ0n) is 8.51. The molecule has 0 aromatic heterocycles. The van der Waals surface area contributed by atoms with Crippen LogP contribution in [0.4, 0.5) is 13.2 Å². The first-order valence-electron chi connectivity index (χ1n) is 4.50. The number of alkyl halides is 3. The molecule has 88 valence electrons. The highest BCUT2D eigenvalue weighted by Gasteiger charge is 2.31. The fourth-order valence-corrected chi connectivity index (χ4v) is 1.37. The Balaban J connectivity index is 3.11. The van der Waals surface area contributed by atoms with Gasteiger partial charge in [0.05, 0.1) is 5.56 Å². The number of carbonyl (C=O) groups is 1. The molecule has 0 saturated carbocycles. The van der Waals surface area contributed by atoms with Crippen molar-refractivity contribution in [2.45, 2.75) is 12.2 Å². The van der Waals surface area contributed by atoms with Gasteiger partial charge in [-0.3, -0.25) is 4.79 Å². The number of nitrogens with one attached hydrogen (secondary N) is 1. The van der Waals surface area contributed by atoms with Gasteiger partial charge in [0.15, 0.2) is 0 Å². The quantitative estimate of drug-likeness (QED) is 0.828. The van der Waals surface area contributed by atoms with Crippen LogP contribution < -0.4 is 11.1 Å². The van der Waals surface area contributed by atoms with Crippen LogP contribution >= 0.6 is 0 Å². The summed E-state index contributed by atoms with van der Waals surface area (Å²) in [7, 11) is 1.45. The van der Waals surface area contributed by atoms with Gasteiger partial charge in [-0.25, -0.2) is 0 Å². The van der Waals surface area contributed by atoms with Gasteiger partial charge in [-0.1, -0.05) is 12.1 Å². The normalized spacial score (nSPS) is 13.5. The van der Waals surface area contributed by atoms with Crippen LogP contribution in [0.5, 0.6) is 0 Å². The number of primary amides is 1. The Morgan fingerprint density at radius 3 is 2.50 bits per heavy atom. The number of amides is 1. The van der Waals surface area contributed by atoms with Crippen molar-refractivity contribution in [1.82, 2.24) is 5.32 Å². The maximum absolute atomic E-state index is 12.4. The number of likely N-dealkylation sites (N-methyl/N-ethyl adjacent to an activating group) is 1. The molecule has 3 N–H and O–H groups in total. The predicted octanol–water partition coefficient (Wildman–Crippen LogP) is 1.45. The molecular weight excluding hydrogens is 221 g/mol. The van der Waals surface area contributed by atoms with Crippen molar-refractivity contribution >= 4 is 5.91 Å². The molecule has 3 nitrogen and oxygen atoms in total. The molecular formula is C10H11F3N2O. The second-order valence-corrected chi connectivity index (χ2v) is 3.25. The van der Waals surface area contributed by atoms with Crippen molar-refractivity contribution in [3.63, 3.8) is 0 Å². The van der Waals surface area contributed by atoms with Crippen LogP contribution in [-0.4, -0.2) is 13.0 Å². The Morgan fingerprint density at radius 2 is 2.06 bits per heavy atom. The van der Waals surface area contributed by atoms with Gasteiger partial charge in [-0.2, -0.15) is 13.2 Å². The Morgan fingerprint density at radius 1 is 1.44 bits per heavy atom. The lowest BCUT2D eigenvalue weighted by Gasteiger charge is -2.14. The Bertz CT molecular complexity index is 390. The maximum atomic E-state index is 12.4. The summed E-state index contributed by atoms with van der Waals surface area (Å²) in [6.45, 7) is 0. The minimum absolute atomic E-state index is 0.199. The van der Waals surface area contributed by atoms with Crippen LogP contribution in [0.1, 0.15) is 17.2 Å². The SMILES string of the molecule is CNC(C(N)=O)c1cccc(C(F)(F)F)c1. The van der Waals surface area contributed by atoms with Gasteiger partial charge >= 0.3 is 6.18 Å². The molecule has 0 bridgehead atoms. The molecule has 0 spiro atoms. The maximum Gasteiger partial charge on any atom is 0.416 e. The number of nitrogens with two attached hydrogens (primary N) is 1. The van der Waals surface area contributed by atoms with E-state index in [1.165, 1.54) is 19.2 Å². The minimum Gasteiger partial charge on any atom is -0.368 e. The molecule has 1 amide bonds. The predicted molar refractivity (Wildman–Crippen MR) is 52.4 cm³/mol. The molecule has 1 rings (SSSR count). The van der Waals surface area contributed by atoms with Crippen LogP contribution in [0.3, 0.4) is 0 Å². The molecule has 1 unspecified atom stereocenters. The molecule has 16 heavy (non-hydrogen) atoms. The molecule has 6 heteroatoms. The molecule has 0 radical (unpaired) electrons. The number of hydrogen-bond acceptors (Lipinski definition) is 2. The summed E-state index contributed by atoms with van der Waals surface area (Å²) >= 11 is 0. The number of halogens is 3. The third kappa shape index (κ3) is 2.73. The first-order valence-corrected chi connectivity index (χ1v) is 4.50. The van der Waals surface area contributed by atoms with E-state index < -0.39 is 23.7 Å². The highest BCUT2D eigenvalue weighted by atomic mass is 19.4. The summed E-state index contributed by atoms with van der Waals surface area (Å²) in [6, 6.07) is 3.60. The van der Waals surface area contributed by atoms with Gasteiger partial charge in [0, 0.05) is 0 Å². The fourth-order valence-electron chi connectivity index (χ4n) is 1.37. The van der Waals surface area contributed by atoms with E-state index in [0.717, 1.165) is 12.1 Å². The van der Waals surface area contributed by atoms with E-state index in [-0.39, 0.29) is 5.56 Å². The van der Waals surface area contributed by atoms with Crippen LogP contribution in [0, 0.1) is 0 Å². The van der Waals surface area contributed by atoms with Gasteiger partial charge in [0.1, 0.15) is 6.04 Å². The first kappa shape index (κ1) is 12.5. The lowest BCUT2D eigenvalue weighted by molar-refractivity contribution is -0.137. The van der Waals surface area contributed by atoms with E-state index in [1.807, 2.05) is 0 Å². The van der Waals surface area contributed by atoms with Crippen molar-refractivity contribution < 1.29 is 18.0 Å². The van der Waals surface area contributed by atoms with E-state index in [9.17, 15) is 18.0 Å². The van der Waals surface area contributed by atoms with E-state index in [4.69, 9.17) is 5.73 Å². The van der Waals surface area contributed by atoms with Gasteiger partial charge < -0.3 is 11.1 Å². The lowest BCUT2D eigenvalue weighted by atomic mass is 10.0. The van der Waals surface area contributed by atoms with Crippen LogP contribution in [0.25, 0.3) is 0 Å². The Kier molecular flexibility index (Phi) is 3.54. The third-order valence-corrected chi connectivity index (χ3v) is 2.12. The van der Waals surface area contributed by atoms with Crippen molar-refractivity contribution in [2.75, 3.05) is 7.05 Å². The molecule has 1 aromatic carbocycles. The summed E-state index contributed by atoms with van der Waals surface area (Å²) in [5.41, 5.74) is 4.46. The summed E-state index contributed by atoms with van der Waals surface area (Å²) in [4.78, 5) is 11.0. The van der Waals surface area contributed by atoms with E-state index in [0.29, 0.717) is 0 Å². The zero-order chi connectivity index (χ0) is 12.3. The van der Waals surface area contributed by atoms with Crippen LogP contribution in [0.2, 0.25) is 0 Å². The summed E-state index contributed by atoms with van der Waals surface area (Å²) in [5.74, 6) is -0.721. The number of benzene rings is 1. The van der Waals surface area contributed by atoms with E-state index >= 15 is 0 Å². The second kappa shape index (κ2) is 4.52. The van der Waals surface area contributed by atoms with E-state index in [1.54, 1.807) is 0 Å². The van der Waals surface area contributed by atoms with Crippen molar-refractivity contribution in [3.05, 3.63) is 35.4 Å². The number of hydrogen-bond donors (Lipinski definition) is 2. The van der Waals surface area contributed by atoms with Crippen LogP contribution in [0.15, 0.2) is 24.3 Å². The Labute approximate surface area is 90.4 Å². The summed E-state index contributed by atoms with van der Waals surface area (Å²) < 4.78 is 37.2. The highest BCUT2D eigenvalue weighted by molar-refractivity contribution is 5.81. The van der Waals surface area contributed by atoms with E-state index in [2.05, 4.69) is 5.32 Å². The molecule has 1 atom stereocenters. The molecule has 0 aliphatic carbocycles. The fraction of sp³-hybridized carbons (Fsp3) is 0.300. The lowest BCUT2D eigenvalue weighted by Crippen LogP contribution is -2.31. The molecule has 0 fully saturated rings. The van der Waals surface area contributed by atoms with Crippen molar-refractivity contribution in [2.24, 2.45) is 5.73 Å². The molecule has 0 saturated heterocycles. The summed E-state index contributed by atoms with van der Waals surface area (Å²) in [5, 5.41) is 2.55. The summed E-state index contributed by atoms with van der Waals surface area (Å²) in [6.07, 6.45) is -4.42. The van der Waals surface area contributed by atoms with Gasteiger partial charge in [-0.15, -0.1) is 0 Å². The first-order chi connectivity index (χ1) is 7.36. The topological polar surface area (TPSA) is 55.1 Å². The average molecular weight is 232 g/mol. The molecule has 0 heterocycles. The van der Waals surface area contributed by atoms with Crippen LogP contribution in [-0.2, 0) is 11.0 Å². The standard InChI is InChI=1S/C10H11F3N2O/c1-15-8(9(14)16)6-3-2-4-7(5-6)10(11,12)13/h2-5,8,15H,1H3,(H2,14,16). The number of carbonyl (C=O) groups excluding carboxylic acids is 1. The average Bonchev–Trinajstić information content (AvgIpc) is 2.17. The number of rotatable bonds is 3. The smallest absolute Gasteiger partial charge is 0.368 e. The molecule has 1 aromatic rings. The molecule has 0 aliphatic rings. The second-order valence-electron chi connectivity index (χ2n) is 3.25. The van der Waals surface area contributed by atoms with Gasteiger partial charge in [0.2, 0.25) is 5.91 Å². The minimum atomic E-state index is -4.42. The van der Waals surface area contributed by atoms with Gasteiger partial charge in [-0.05, 0) is 24.7 Å². The van der Waals surface area contributed by atoms with Crippen molar-refractivity contribution in [3.8, 4) is 0 Å². The third-order valence-electron chi connectivity index (χ3n) is 2.12.